The molecule has 0 amide bonds. The standard InChI is InChI=1S/C12H16FNS/c1-8-2-3-11(13)5-9(8)4-10-6-15-7-12(10)14/h2-3,5,10,12H,4,6-7,14H2,1H3. The van der Waals surface area contributed by atoms with Crippen LogP contribution in [0.5, 0.6) is 0 Å². The minimum atomic E-state index is -0.144. The summed E-state index contributed by atoms with van der Waals surface area (Å²) in [7, 11) is 0. The number of benzene rings is 1. The van der Waals surface area contributed by atoms with Gasteiger partial charge >= 0.3 is 0 Å². The Morgan fingerprint density at radius 3 is 2.93 bits per heavy atom. The summed E-state index contributed by atoms with van der Waals surface area (Å²) < 4.78 is 13.1. The fourth-order valence-electron chi connectivity index (χ4n) is 1.97. The van der Waals surface area contributed by atoms with Gasteiger partial charge in [-0.05, 0) is 48.3 Å². The molecule has 1 saturated heterocycles. The van der Waals surface area contributed by atoms with E-state index in [1.807, 2.05) is 24.8 Å². The van der Waals surface area contributed by atoms with E-state index in [0.717, 1.165) is 23.5 Å². The molecule has 1 fully saturated rings. The second-order valence-corrected chi connectivity index (χ2v) is 5.31. The lowest BCUT2D eigenvalue weighted by molar-refractivity contribution is 0.512. The summed E-state index contributed by atoms with van der Waals surface area (Å²) in [5, 5.41) is 0. The van der Waals surface area contributed by atoms with Gasteiger partial charge in [0.1, 0.15) is 5.82 Å². The quantitative estimate of drug-likeness (QED) is 0.836. The van der Waals surface area contributed by atoms with Crippen molar-refractivity contribution >= 4 is 11.8 Å². The summed E-state index contributed by atoms with van der Waals surface area (Å²) >= 11 is 1.90. The van der Waals surface area contributed by atoms with Crippen LogP contribution in [0.4, 0.5) is 4.39 Å². The van der Waals surface area contributed by atoms with Gasteiger partial charge in [-0.15, -0.1) is 0 Å². The van der Waals surface area contributed by atoms with Gasteiger partial charge in [0.05, 0.1) is 0 Å². The molecule has 1 aromatic rings. The molecule has 2 N–H and O–H groups in total. The van der Waals surface area contributed by atoms with E-state index in [4.69, 9.17) is 5.73 Å². The van der Waals surface area contributed by atoms with Crippen LogP contribution in [0.3, 0.4) is 0 Å². The first-order valence-corrected chi connectivity index (χ1v) is 6.40. The highest BCUT2D eigenvalue weighted by Gasteiger charge is 2.24. The molecule has 0 bridgehead atoms. The number of aryl methyl sites for hydroxylation is 1. The largest absolute Gasteiger partial charge is 0.327 e. The zero-order chi connectivity index (χ0) is 10.8. The van der Waals surface area contributed by atoms with E-state index in [1.165, 1.54) is 11.6 Å². The van der Waals surface area contributed by atoms with Crippen molar-refractivity contribution in [2.75, 3.05) is 11.5 Å². The summed E-state index contributed by atoms with van der Waals surface area (Å²) in [5.74, 6) is 2.51. The van der Waals surface area contributed by atoms with Crippen LogP contribution in [-0.4, -0.2) is 17.5 Å². The van der Waals surface area contributed by atoms with Crippen LogP contribution < -0.4 is 5.73 Å². The average molecular weight is 225 g/mol. The zero-order valence-corrected chi connectivity index (χ0v) is 9.69. The zero-order valence-electron chi connectivity index (χ0n) is 8.87. The number of hydrogen-bond donors (Lipinski definition) is 1. The molecule has 2 atom stereocenters. The van der Waals surface area contributed by atoms with Gasteiger partial charge in [0.25, 0.3) is 0 Å². The van der Waals surface area contributed by atoms with Gasteiger partial charge < -0.3 is 5.73 Å². The van der Waals surface area contributed by atoms with Crippen molar-refractivity contribution in [1.29, 1.82) is 0 Å². The Bertz CT molecular complexity index is 353. The molecule has 1 aliphatic rings. The molecule has 2 rings (SSSR count). The van der Waals surface area contributed by atoms with Crippen molar-refractivity contribution in [3.8, 4) is 0 Å². The molecule has 1 heterocycles. The summed E-state index contributed by atoms with van der Waals surface area (Å²) in [4.78, 5) is 0. The van der Waals surface area contributed by atoms with Gasteiger partial charge in [0.2, 0.25) is 0 Å². The lowest BCUT2D eigenvalue weighted by Gasteiger charge is -2.15. The monoisotopic (exact) mass is 225 g/mol. The maximum Gasteiger partial charge on any atom is 0.123 e. The molecule has 0 aliphatic carbocycles. The van der Waals surface area contributed by atoms with Crippen LogP contribution in [0.15, 0.2) is 18.2 Å². The first-order chi connectivity index (χ1) is 7.16. The molecule has 1 aromatic carbocycles. The SMILES string of the molecule is Cc1ccc(F)cc1CC1CSCC1N. The van der Waals surface area contributed by atoms with Crippen molar-refractivity contribution in [2.24, 2.45) is 11.7 Å². The van der Waals surface area contributed by atoms with E-state index < -0.39 is 0 Å². The highest BCUT2D eigenvalue weighted by Crippen LogP contribution is 2.27. The molecule has 0 aromatic heterocycles. The van der Waals surface area contributed by atoms with Crippen LogP contribution >= 0.6 is 11.8 Å². The second kappa shape index (κ2) is 4.54. The second-order valence-electron chi connectivity index (χ2n) is 4.24. The Labute approximate surface area is 94.2 Å². The van der Waals surface area contributed by atoms with Gasteiger partial charge in [-0.2, -0.15) is 11.8 Å². The fraction of sp³-hybridized carbons (Fsp3) is 0.500. The number of rotatable bonds is 2. The normalized spacial score (nSPS) is 25.8. The van der Waals surface area contributed by atoms with Crippen LogP contribution in [0, 0.1) is 18.7 Å². The van der Waals surface area contributed by atoms with Gasteiger partial charge in [0, 0.05) is 11.8 Å². The van der Waals surface area contributed by atoms with Crippen molar-refractivity contribution in [1.82, 2.24) is 0 Å². The highest BCUT2D eigenvalue weighted by atomic mass is 32.2. The topological polar surface area (TPSA) is 26.0 Å². The van der Waals surface area contributed by atoms with Crippen LogP contribution in [0.1, 0.15) is 11.1 Å². The maximum atomic E-state index is 13.1. The molecular formula is C12H16FNS. The number of nitrogens with two attached hydrogens (primary N) is 1. The average Bonchev–Trinajstić information content (AvgIpc) is 2.58. The minimum absolute atomic E-state index is 0.144. The highest BCUT2D eigenvalue weighted by molar-refractivity contribution is 7.99. The van der Waals surface area contributed by atoms with E-state index in [1.54, 1.807) is 6.07 Å². The first kappa shape index (κ1) is 11.0. The third-order valence-electron chi connectivity index (χ3n) is 3.04. The predicted molar refractivity (Wildman–Crippen MR) is 63.6 cm³/mol. The lowest BCUT2D eigenvalue weighted by Crippen LogP contribution is -2.29. The molecule has 1 nitrogen and oxygen atoms in total. The molecular weight excluding hydrogens is 209 g/mol. The van der Waals surface area contributed by atoms with Crippen LogP contribution in [0.25, 0.3) is 0 Å². The van der Waals surface area contributed by atoms with E-state index >= 15 is 0 Å². The van der Waals surface area contributed by atoms with Gasteiger partial charge in [-0.3, -0.25) is 0 Å². The Morgan fingerprint density at radius 2 is 2.27 bits per heavy atom. The lowest BCUT2D eigenvalue weighted by atomic mass is 9.93. The Morgan fingerprint density at radius 1 is 1.47 bits per heavy atom. The first-order valence-electron chi connectivity index (χ1n) is 5.25. The summed E-state index contributed by atoms with van der Waals surface area (Å²) in [5.41, 5.74) is 8.28. The minimum Gasteiger partial charge on any atom is -0.327 e. The summed E-state index contributed by atoms with van der Waals surface area (Å²) in [6.45, 7) is 2.03. The van der Waals surface area contributed by atoms with Gasteiger partial charge in [0.15, 0.2) is 0 Å². The van der Waals surface area contributed by atoms with Crippen LogP contribution in [0.2, 0.25) is 0 Å². The molecule has 1 aliphatic heterocycles. The van der Waals surface area contributed by atoms with Gasteiger partial charge in [-0.1, -0.05) is 6.07 Å². The molecule has 82 valence electrons. The van der Waals surface area contributed by atoms with E-state index in [0.29, 0.717) is 5.92 Å². The van der Waals surface area contributed by atoms with E-state index in [9.17, 15) is 4.39 Å². The predicted octanol–water partition coefficient (Wildman–Crippen LogP) is 2.37. The third kappa shape index (κ3) is 2.52. The van der Waals surface area contributed by atoms with Crippen molar-refractivity contribution in [2.45, 2.75) is 19.4 Å². The van der Waals surface area contributed by atoms with Crippen molar-refractivity contribution < 1.29 is 4.39 Å². The Kier molecular flexibility index (Phi) is 3.32. The molecule has 15 heavy (non-hydrogen) atoms. The number of hydrogen-bond acceptors (Lipinski definition) is 2. The number of thioether (sulfide) groups is 1. The Balaban J connectivity index is 2.12. The smallest absolute Gasteiger partial charge is 0.123 e. The van der Waals surface area contributed by atoms with E-state index in [2.05, 4.69) is 0 Å². The maximum absolute atomic E-state index is 13.1. The molecule has 0 spiro atoms. The summed E-state index contributed by atoms with van der Waals surface area (Å²) in [6.07, 6.45) is 0.914. The summed E-state index contributed by atoms with van der Waals surface area (Å²) in [6, 6.07) is 5.28. The number of halogens is 1. The van der Waals surface area contributed by atoms with E-state index in [-0.39, 0.29) is 11.9 Å². The molecule has 0 saturated carbocycles. The molecule has 0 radical (unpaired) electrons. The van der Waals surface area contributed by atoms with Gasteiger partial charge in [-0.25, -0.2) is 4.39 Å². The molecule has 2 unspecified atom stereocenters. The molecule has 3 heteroatoms. The van der Waals surface area contributed by atoms with Crippen LogP contribution in [-0.2, 0) is 6.42 Å². The van der Waals surface area contributed by atoms with Crippen molar-refractivity contribution in [3.05, 3.63) is 35.1 Å². The third-order valence-corrected chi connectivity index (χ3v) is 4.33. The fourth-order valence-corrected chi connectivity index (χ4v) is 3.32. The Hall–Kier alpha value is -0.540. The van der Waals surface area contributed by atoms with Crippen molar-refractivity contribution in [3.63, 3.8) is 0 Å².